The highest BCUT2D eigenvalue weighted by Gasteiger charge is 2.17. The highest BCUT2D eigenvalue weighted by molar-refractivity contribution is 7.20. The average molecular weight is 354 g/mol. The van der Waals surface area contributed by atoms with Gasteiger partial charge in [-0.25, -0.2) is 9.78 Å². The van der Waals surface area contributed by atoms with Crippen molar-refractivity contribution < 1.29 is 14.3 Å². The minimum absolute atomic E-state index is 0.219. The molecule has 0 bridgehead atoms. The number of nitrogens with zero attached hydrogens (tertiary/aromatic N) is 1. The van der Waals surface area contributed by atoms with Gasteiger partial charge in [0.15, 0.2) is 10.9 Å². The fourth-order valence-corrected chi connectivity index (χ4v) is 3.14. The number of esters is 1. The second kappa shape index (κ2) is 6.12. The molecular weight excluding hydrogens is 345 g/mol. The summed E-state index contributed by atoms with van der Waals surface area (Å²) in [5.41, 5.74) is 0. The molecule has 0 aliphatic rings. The number of fused-ring (bicyclic) bond motifs is 1. The Balaban J connectivity index is 2.07. The van der Waals surface area contributed by atoms with Crippen LogP contribution >= 0.6 is 34.5 Å². The number of ether oxygens (including phenoxy) is 2. The van der Waals surface area contributed by atoms with Crippen LogP contribution in [0.5, 0.6) is 11.5 Å². The van der Waals surface area contributed by atoms with Gasteiger partial charge in [-0.15, -0.1) is 11.3 Å². The van der Waals surface area contributed by atoms with Gasteiger partial charge < -0.3 is 9.47 Å². The lowest BCUT2D eigenvalue weighted by molar-refractivity contribution is 0.0606. The maximum atomic E-state index is 11.7. The number of rotatable bonds is 3. The number of methoxy groups -OCH3 is 1. The van der Waals surface area contributed by atoms with Crippen molar-refractivity contribution in [2.45, 2.75) is 0 Å². The van der Waals surface area contributed by atoms with Crippen molar-refractivity contribution in [1.29, 1.82) is 0 Å². The van der Waals surface area contributed by atoms with Gasteiger partial charge in [0.1, 0.15) is 10.6 Å². The number of hydrogen-bond donors (Lipinski definition) is 0. The Kier molecular flexibility index (Phi) is 4.20. The molecule has 7 heteroatoms. The van der Waals surface area contributed by atoms with Crippen molar-refractivity contribution in [2.75, 3.05) is 7.11 Å². The van der Waals surface area contributed by atoms with Crippen LogP contribution in [0, 0.1) is 0 Å². The number of pyridine rings is 1. The topological polar surface area (TPSA) is 48.4 Å². The highest BCUT2D eigenvalue weighted by atomic mass is 35.5. The lowest BCUT2D eigenvalue weighted by Gasteiger charge is -2.08. The van der Waals surface area contributed by atoms with Gasteiger partial charge in [-0.2, -0.15) is 0 Å². The van der Waals surface area contributed by atoms with Gasteiger partial charge in [-0.3, -0.25) is 0 Å². The first-order valence-corrected chi connectivity index (χ1v) is 7.75. The van der Waals surface area contributed by atoms with Crippen LogP contribution in [0.2, 0.25) is 10.2 Å². The van der Waals surface area contributed by atoms with Crippen LogP contribution in [-0.2, 0) is 4.74 Å². The summed E-state index contributed by atoms with van der Waals surface area (Å²) in [4.78, 5) is 16.2. The van der Waals surface area contributed by atoms with E-state index in [1.165, 1.54) is 18.4 Å². The van der Waals surface area contributed by atoms with E-state index in [2.05, 4.69) is 4.98 Å². The van der Waals surface area contributed by atoms with Crippen molar-refractivity contribution in [1.82, 2.24) is 4.98 Å². The van der Waals surface area contributed by atoms with Gasteiger partial charge in [0.05, 0.1) is 11.8 Å². The molecular formula is C15H9Cl2NO3S. The molecule has 0 N–H and O–H groups in total. The first kappa shape index (κ1) is 15.1. The van der Waals surface area contributed by atoms with Crippen LogP contribution in [0.3, 0.4) is 0 Å². The minimum Gasteiger partial charge on any atom is -0.465 e. The summed E-state index contributed by atoms with van der Waals surface area (Å²) in [6, 6.07) is 8.57. The molecule has 22 heavy (non-hydrogen) atoms. The number of thiophene rings is 1. The molecule has 3 rings (SSSR count). The lowest BCUT2D eigenvalue weighted by atomic mass is 10.3. The second-order valence-electron chi connectivity index (χ2n) is 4.31. The number of aromatic nitrogens is 1. The van der Waals surface area contributed by atoms with Crippen LogP contribution in [-0.4, -0.2) is 18.1 Å². The Bertz CT molecular complexity index is 846. The molecule has 1 aromatic carbocycles. The predicted molar refractivity (Wildman–Crippen MR) is 87.5 cm³/mol. The quantitative estimate of drug-likeness (QED) is 0.480. The highest BCUT2D eigenvalue weighted by Crippen LogP contribution is 2.39. The Morgan fingerprint density at radius 3 is 2.64 bits per heavy atom. The first-order valence-electron chi connectivity index (χ1n) is 6.18. The van der Waals surface area contributed by atoms with Crippen molar-refractivity contribution >= 4 is 50.6 Å². The zero-order valence-electron chi connectivity index (χ0n) is 11.3. The summed E-state index contributed by atoms with van der Waals surface area (Å²) in [6.07, 6.45) is 1.60. The van der Waals surface area contributed by atoms with Crippen LogP contribution in [0.15, 0.2) is 36.5 Å². The van der Waals surface area contributed by atoms with Gasteiger partial charge in [-0.1, -0.05) is 23.2 Å². The molecule has 2 heterocycles. The van der Waals surface area contributed by atoms with E-state index in [1.807, 2.05) is 0 Å². The van der Waals surface area contributed by atoms with Crippen molar-refractivity contribution in [3.8, 4) is 11.5 Å². The maximum absolute atomic E-state index is 11.7. The van der Waals surface area contributed by atoms with E-state index < -0.39 is 5.97 Å². The van der Waals surface area contributed by atoms with Gasteiger partial charge in [0.25, 0.3) is 0 Å². The maximum Gasteiger partial charge on any atom is 0.348 e. The van der Waals surface area contributed by atoms with Gasteiger partial charge >= 0.3 is 5.97 Å². The zero-order valence-corrected chi connectivity index (χ0v) is 13.6. The second-order valence-corrected chi connectivity index (χ2v) is 6.19. The van der Waals surface area contributed by atoms with E-state index in [0.29, 0.717) is 26.8 Å². The van der Waals surface area contributed by atoms with Gasteiger partial charge in [0, 0.05) is 16.6 Å². The molecule has 4 nitrogen and oxygen atoms in total. The molecule has 0 amide bonds. The predicted octanol–water partition coefficient (Wildman–Crippen LogP) is 5.18. The summed E-state index contributed by atoms with van der Waals surface area (Å²) in [7, 11) is 1.34. The SMILES string of the molecule is COC(=O)c1cc2c(Oc3ccc(Cl)cc3)c(Cl)ncc2s1. The van der Waals surface area contributed by atoms with Crippen molar-refractivity contribution in [2.24, 2.45) is 0 Å². The summed E-state index contributed by atoms with van der Waals surface area (Å²) in [6.45, 7) is 0. The monoisotopic (exact) mass is 353 g/mol. The third-order valence-corrected chi connectivity index (χ3v) is 4.48. The van der Waals surface area contributed by atoms with E-state index in [0.717, 1.165) is 4.70 Å². The Morgan fingerprint density at radius 2 is 1.95 bits per heavy atom. The molecule has 0 aliphatic carbocycles. The molecule has 0 spiro atoms. The van der Waals surface area contributed by atoms with E-state index in [1.54, 1.807) is 36.5 Å². The Morgan fingerprint density at radius 1 is 1.23 bits per heavy atom. The third-order valence-electron chi connectivity index (χ3n) is 2.91. The van der Waals surface area contributed by atoms with Crippen molar-refractivity contribution in [3.05, 3.63) is 51.6 Å². The first-order chi connectivity index (χ1) is 10.6. The average Bonchev–Trinajstić information content (AvgIpc) is 2.96. The molecule has 0 saturated heterocycles. The van der Waals surface area contributed by atoms with Gasteiger partial charge in [0.2, 0.25) is 0 Å². The number of carbonyl (C=O) groups is 1. The van der Waals surface area contributed by atoms with E-state index >= 15 is 0 Å². The summed E-state index contributed by atoms with van der Waals surface area (Å²) >= 11 is 13.3. The molecule has 0 saturated carbocycles. The minimum atomic E-state index is -0.408. The van der Waals surface area contributed by atoms with Crippen molar-refractivity contribution in [3.63, 3.8) is 0 Å². The third kappa shape index (κ3) is 2.88. The fourth-order valence-electron chi connectivity index (χ4n) is 1.88. The number of halogens is 2. The molecule has 2 aromatic heterocycles. The van der Waals surface area contributed by atoms with Gasteiger partial charge in [-0.05, 0) is 30.3 Å². The molecule has 112 valence electrons. The zero-order chi connectivity index (χ0) is 15.7. The van der Waals surface area contributed by atoms with E-state index in [-0.39, 0.29) is 5.15 Å². The smallest absolute Gasteiger partial charge is 0.348 e. The fraction of sp³-hybridized carbons (Fsp3) is 0.0667. The van der Waals surface area contributed by atoms with Crippen LogP contribution in [0.4, 0.5) is 0 Å². The lowest BCUT2D eigenvalue weighted by Crippen LogP contribution is -1.96. The molecule has 0 unspecified atom stereocenters. The molecule has 0 fully saturated rings. The normalized spacial score (nSPS) is 10.7. The Labute approximate surface area is 140 Å². The van der Waals surface area contributed by atoms with Crippen LogP contribution in [0.1, 0.15) is 9.67 Å². The molecule has 0 radical (unpaired) electrons. The van der Waals surface area contributed by atoms with E-state index in [4.69, 9.17) is 32.7 Å². The van der Waals surface area contributed by atoms with E-state index in [9.17, 15) is 4.79 Å². The number of carbonyl (C=O) groups excluding carboxylic acids is 1. The van der Waals surface area contributed by atoms with Crippen LogP contribution < -0.4 is 4.74 Å². The summed E-state index contributed by atoms with van der Waals surface area (Å²) in [5, 5.41) is 1.54. The van der Waals surface area contributed by atoms with Crippen LogP contribution in [0.25, 0.3) is 10.1 Å². The summed E-state index contributed by atoms with van der Waals surface area (Å²) < 4.78 is 11.3. The molecule has 3 aromatic rings. The molecule has 0 atom stereocenters. The number of hydrogen-bond acceptors (Lipinski definition) is 5. The largest absolute Gasteiger partial charge is 0.465 e. The Hall–Kier alpha value is -1.82. The summed E-state index contributed by atoms with van der Waals surface area (Å²) in [5.74, 6) is 0.564. The molecule has 0 aliphatic heterocycles. The standard InChI is InChI=1S/C15H9Cl2NO3S/c1-20-15(19)11-6-10-12(22-11)7-18-14(17)13(10)21-9-4-2-8(16)3-5-9/h2-7H,1H3. The number of benzene rings is 1.